The van der Waals surface area contributed by atoms with Crippen LogP contribution in [0.3, 0.4) is 0 Å². The molecule has 2 aromatic carbocycles. The van der Waals surface area contributed by atoms with E-state index < -0.39 is 0 Å². The Kier molecular flexibility index (Phi) is 4.91. The predicted molar refractivity (Wildman–Crippen MR) is 107 cm³/mol. The van der Waals surface area contributed by atoms with E-state index in [9.17, 15) is 0 Å². The van der Waals surface area contributed by atoms with Crippen LogP contribution in [-0.4, -0.2) is 15.2 Å². The number of hydrogen-bond donors (Lipinski definition) is 2. The van der Waals surface area contributed by atoms with Crippen molar-refractivity contribution in [3.05, 3.63) is 76.9 Å². The van der Waals surface area contributed by atoms with Crippen molar-refractivity contribution in [3.63, 3.8) is 0 Å². The minimum Gasteiger partial charge on any atom is -0.403 e. The van der Waals surface area contributed by atoms with E-state index >= 15 is 0 Å². The molecule has 0 amide bonds. The Morgan fingerprint density at radius 2 is 1.37 bits per heavy atom. The van der Waals surface area contributed by atoms with E-state index in [1.165, 1.54) is 0 Å². The predicted octanol–water partition coefficient (Wildman–Crippen LogP) is 5.93. The van der Waals surface area contributed by atoms with Gasteiger partial charge >= 0.3 is 6.01 Å². The molecule has 27 heavy (non-hydrogen) atoms. The lowest BCUT2D eigenvalue weighted by Gasteiger charge is -2.08. The van der Waals surface area contributed by atoms with E-state index in [1.54, 1.807) is 36.5 Å². The first kappa shape index (κ1) is 17.3. The largest absolute Gasteiger partial charge is 0.403 e. The molecule has 0 aliphatic heterocycles. The van der Waals surface area contributed by atoms with Crippen LogP contribution in [0.1, 0.15) is 0 Å². The van der Waals surface area contributed by atoms with Gasteiger partial charge in [0.05, 0.1) is 5.56 Å². The fraction of sp³-hybridized carbons (Fsp3) is 0. The van der Waals surface area contributed by atoms with Crippen LogP contribution < -0.4 is 10.6 Å². The molecule has 0 saturated heterocycles. The highest BCUT2D eigenvalue weighted by Crippen LogP contribution is 2.29. The topological polar surface area (TPSA) is 75.9 Å². The molecule has 134 valence electrons. The Hall–Kier alpha value is -3.09. The Balaban J connectivity index is 1.57. The van der Waals surface area contributed by atoms with Crippen LogP contribution in [0.2, 0.25) is 10.0 Å². The summed E-state index contributed by atoms with van der Waals surface area (Å²) in [4.78, 5) is 4.37. The lowest BCUT2D eigenvalue weighted by Crippen LogP contribution is -1.96. The molecule has 0 aliphatic rings. The normalized spacial score (nSPS) is 10.6. The van der Waals surface area contributed by atoms with Gasteiger partial charge in [-0.05, 0) is 60.7 Å². The second-order valence-corrected chi connectivity index (χ2v) is 6.45. The summed E-state index contributed by atoms with van der Waals surface area (Å²) in [5.74, 6) is 0.942. The number of rotatable bonds is 5. The summed E-state index contributed by atoms with van der Waals surface area (Å²) in [6.07, 6.45) is 1.69. The van der Waals surface area contributed by atoms with Gasteiger partial charge in [-0.25, -0.2) is 4.98 Å². The molecule has 8 heteroatoms. The first-order valence-electron chi connectivity index (χ1n) is 8.01. The summed E-state index contributed by atoms with van der Waals surface area (Å²) >= 11 is 11.8. The van der Waals surface area contributed by atoms with Gasteiger partial charge in [0.2, 0.25) is 0 Å². The Bertz CT molecular complexity index is 1050. The van der Waals surface area contributed by atoms with Gasteiger partial charge in [-0.2, -0.15) is 0 Å². The molecular formula is C19H13Cl2N5O. The minimum atomic E-state index is 0.272. The quantitative estimate of drug-likeness (QED) is 0.434. The zero-order valence-corrected chi connectivity index (χ0v) is 15.4. The fourth-order valence-corrected chi connectivity index (χ4v) is 2.64. The second kappa shape index (κ2) is 7.65. The molecule has 0 spiro atoms. The molecular weight excluding hydrogens is 385 g/mol. The van der Waals surface area contributed by atoms with E-state index in [4.69, 9.17) is 27.6 Å². The Morgan fingerprint density at radius 1 is 0.741 bits per heavy atom. The number of halogens is 2. The number of hydrogen-bond acceptors (Lipinski definition) is 6. The van der Waals surface area contributed by atoms with Gasteiger partial charge in [0.25, 0.3) is 5.89 Å². The van der Waals surface area contributed by atoms with Crippen molar-refractivity contribution in [2.24, 2.45) is 0 Å². The third-order valence-corrected chi connectivity index (χ3v) is 4.17. The van der Waals surface area contributed by atoms with E-state index in [-0.39, 0.29) is 6.01 Å². The molecule has 0 atom stereocenters. The molecule has 0 saturated carbocycles. The van der Waals surface area contributed by atoms with Gasteiger partial charge in [0.15, 0.2) is 0 Å². The highest BCUT2D eigenvalue weighted by Gasteiger charge is 2.14. The summed E-state index contributed by atoms with van der Waals surface area (Å²) in [6.45, 7) is 0. The van der Waals surface area contributed by atoms with Crippen LogP contribution in [0.25, 0.3) is 11.5 Å². The van der Waals surface area contributed by atoms with Crippen molar-refractivity contribution in [1.82, 2.24) is 15.2 Å². The number of nitrogens with one attached hydrogen (secondary N) is 2. The second-order valence-electron chi connectivity index (χ2n) is 5.58. The summed E-state index contributed by atoms with van der Waals surface area (Å²) < 4.78 is 5.73. The molecule has 2 aromatic heterocycles. The fourth-order valence-electron chi connectivity index (χ4n) is 2.39. The van der Waals surface area contributed by atoms with Gasteiger partial charge in [-0.3, -0.25) is 0 Å². The van der Waals surface area contributed by atoms with Gasteiger partial charge in [-0.1, -0.05) is 28.3 Å². The van der Waals surface area contributed by atoms with Gasteiger partial charge in [-0.15, -0.1) is 5.10 Å². The number of benzene rings is 2. The molecule has 4 aromatic rings. The zero-order valence-electron chi connectivity index (χ0n) is 13.9. The van der Waals surface area contributed by atoms with Crippen LogP contribution in [-0.2, 0) is 0 Å². The molecule has 0 fully saturated rings. The van der Waals surface area contributed by atoms with Crippen LogP contribution >= 0.6 is 23.2 Å². The number of anilines is 4. The third-order valence-electron chi connectivity index (χ3n) is 3.67. The molecule has 0 aliphatic carbocycles. The van der Waals surface area contributed by atoms with Gasteiger partial charge in [0, 0.05) is 27.6 Å². The summed E-state index contributed by atoms with van der Waals surface area (Å²) in [7, 11) is 0. The maximum Gasteiger partial charge on any atom is 0.320 e. The van der Waals surface area contributed by atoms with Crippen LogP contribution in [0, 0.1) is 0 Å². The van der Waals surface area contributed by atoms with Gasteiger partial charge in [0.1, 0.15) is 5.82 Å². The maximum absolute atomic E-state index is 5.93. The minimum absolute atomic E-state index is 0.272. The van der Waals surface area contributed by atoms with E-state index in [1.807, 2.05) is 30.3 Å². The van der Waals surface area contributed by atoms with Crippen molar-refractivity contribution in [2.75, 3.05) is 10.6 Å². The molecule has 6 nitrogen and oxygen atoms in total. The number of nitrogens with zero attached hydrogens (tertiary/aromatic N) is 3. The molecule has 0 unspecified atom stereocenters. The number of pyridine rings is 1. The highest BCUT2D eigenvalue weighted by atomic mass is 35.5. The number of aromatic nitrogens is 3. The van der Waals surface area contributed by atoms with Crippen LogP contribution in [0.4, 0.5) is 23.2 Å². The first-order valence-corrected chi connectivity index (χ1v) is 8.77. The average Bonchev–Trinajstić information content (AvgIpc) is 3.14. The van der Waals surface area contributed by atoms with Crippen molar-refractivity contribution in [3.8, 4) is 11.5 Å². The van der Waals surface area contributed by atoms with Crippen LogP contribution in [0.15, 0.2) is 71.3 Å². The summed E-state index contributed by atoms with van der Waals surface area (Å²) in [5.41, 5.74) is 2.32. The van der Waals surface area contributed by atoms with Crippen molar-refractivity contribution < 1.29 is 4.42 Å². The lowest BCUT2D eigenvalue weighted by atomic mass is 10.2. The molecule has 0 radical (unpaired) electrons. The standard InChI is InChI=1S/C19H13Cl2N5O/c20-12-3-7-14(8-4-12)23-17-16(2-1-11-22-17)18-25-26-19(27-18)24-15-9-5-13(21)6-10-15/h1-11H,(H,22,23)(H,24,26). The smallest absolute Gasteiger partial charge is 0.320 e. The van der Waals surface area contributed by atoms with Crippen molar-refractivity contribution in [2.45, 2.75) is 0 Å². The van der Waals surface area contributed by atoms with E-state index in [0.29, 0.717) is 27.3 Å². The zero-order chi connectivity index (χ0) is 18.6. The Labute approximate surface area is 165 Å². The van der Waals surface area contributed by atoms with Gasteiger partial charge < -0.3 is 15.1 Å². The summed E-state index contributed by atoms with van der Waals surface area (Å²) in [6, 6.07) is 18.4. The summed E-state index contributed by atoms with van der Waals surface area (Å²) in [5, 5.41) is 15.7. The third kappa shape index (κ3) is 4.19. The monoisotopic (exact) mass is 397 g/mol. The molecule has 0 bridgehead atoms. The van der Waals surface area contributed by atoms with Crippen molar-refractivity contribution in [1.29, 1.82) is 0 Å². The molecule has 4 rings (SSSR count). The SMILES string of the molecule is Clc1ccc(Nc2nnc(-c3cccnc3Nc3ccc(Cl)cc3)o2)cc1. The lowest BCUT2D eigenvalue weighted by molar-refractivity contribution is 0.587. The Morgan fingerprint density at radius 3 is 2.04 bits per heavy atom. The van der Waals surface area contributed by atoms with Crippen molar-refractivity contribution >= 4 is 46.4 Å². The highest BCUT2D eigenvalue weighted by molar-refractivity contribution is 6.30. The van der Waals surface area contributed by atoms with E-state index in [2.05, 4.69) is 25.8 Å². The van der Waals surface area contributed by atoms with Crippen LogP contribution in [0.5, 0.6) is 0 Å². The first-order chi connectivity index (χ1) is 13.2. The van der Waals surface area contributed by atoms with E-state index in [0.717, 1.165) is 11.4 Å². The molecule has 2 N–H and O–H groups in total. The maximum atomic E-state index is 5.93. The molecule has 2 heterocycles. The average molecular weight is 398 g/mol.